The normalized spacial score (nSPS) is 12.4. The van der Waals surface area contributed by atoms with Crippen molar-refractivity contribution >= 4 is 40.6 Å². The zero-order valence-corrected chi connectivity index (χ0v) is 25.4. The van der Waals surface area contributed by atoms with Gasteiger partial charge in [-0.05, 0) is 45.0 Å². The predicted molar refractivity (Wildman–Crippen MR) is 160 cm³/mol. The largest absolute Gasteiger partial charge is 0.481 e. The minimum absolute atomic E-state index is 0.0675. The van der Waals surface area contributed by atoms with Gasteiger partial charge in [-0.3, -0.25) is 24.4 Å². The van der Waals surface area contributed by atoms with E-state index in [0.717, 1.165) is 16.3 Å². The van der Waals surface area contributed by atoms with E-state index in [0.29, 0.717) is 33.8 Å². The van der Waals surface area contributed by atoms with Crippen molar-refractivity contribution in [1.29, 1.82) is 0 Å². The molecule has 0 aliphatic rings. The Morgan fingerprint density at radius 3 is 2.44 bits per heavy atom. The lowest BCUT2D eigenvalue weighted by molar-refractivity contribution is -0.142. The van der Waals surface area contributed by atoms with E-state index in [4.69, 9.17) is 11.6 Å². The van der Waals surface area contributed by atoms with Gasteiger partial charge in [0.1, 0.15) is 11.5 Å². The van der Waals surface area contributed by atoms with Gasteiger partial charge in [-0.15, -0.1) is 11.3 Å². The highest BCUT2D eigenvalue weighted by molar-refractivity contribution is 7.16. The van der Waals surface area contributed by atoms with Crippen LogP contribution >= 0.6 is 22.9 Å². The molecule has 4 aromatic rings. The Hall–Kier alpha value is -3.83. The third kappa shape index (κ3) is 6.91. The van der Waals surface area contributed by atoms with Crippen molar-refractivity contribution in [3.05, 3.63) is 78.9 Å². The number of hydrogen-bond acceptors (Lipinski definition) is 8. The van der Waals surface area contributed by atoms with Crippen LogP contribution in [0.5, 0.6) is 0 Å². The molecule has 0 bridgehead atoms. The van der Waals surface area contributed by atoms with Crippen LogP contribution in [0, 0.1) is 32.1 Å². The maximum Gasteiger partial charge on any atom is 0.308 e. The Kier molecular flexibility index (Phi) is 8.79. The number of carbonyl (C=O) groups is 2. The van der Waals surface area contributed by atoms with Gasteiger partial charge in [-0.2, -0.15) is 9.78 Å². The molecule has 1 atom stereocenters. The van der Waals surface area contributed by atoms with Crippen LogP contribution in [-0.4, -0.2) is 41.3 Å². The van der Waals surface area contributed by atoms with Gasteiger partial charge in [0.15, 0.2) is 0 Å². The first-order valence-electron chi connectivity index (χ1n) is 13.1. The topological polar surface area (TPSA) is 132 Å². The standard InChI is InChI=1S/C29H33ClN6O4S/c1-16-17(2)33-22(18(3)32-16)12-19(27(38)39)15-35-11-7-8-21(26(35)37)23-13-25(31-14-20-9-10-24(30)41-20)36(34-23)28(40)29(4,5)6/h7-11,13,19,31H,12,14-15H2,1-6H3,(H,38,39). The SMILES string of the molecule is Cc1nc(C)c(CC(Cn2cccc(-c3cc(NCc4ccc(Cl)s4)n(C(=O)C(C)(C)C)n3)c2=O)C(=O)O)nc1C. The zero-order chi connectivity index (χ0) is 30.1. The highest BCUT2D eigenvalue weighted by Crippen LogP contribution is 2.27. The molecule has 0 radical (unpaired) electrons. The van der Waals surface area contributed by atoms with Crippen molar-refractivity contribution < 1.29 is 14.7 Å². The molecular formula is C29H33ClN6O4S. The van der Waals surface area contributed by atoms with Gasteiger partial charge in [-0.25, -0.2) is 0 Å². The van der Waals surface area contributed by atoms with Crippen LogP contribution in [0.4, 0.5) is 5.82 Å². The van der Waals surface area contributed by atoms with Crippen molar-refractivity contribution in [3.63, 3.8) is 0 Å². The fourth-order valence-electron chi connectivity index (χ4n) is 4.27. The summed E-state index contributed by atoms with van der Waals surface area (Å²) in [4.78, 5) is 49.0. The van der Waals surface area contributed by atoms with Gasteiger partial charge >= 0.3 is 5.97 Å². The lowest BCUT2D eigenvalue weighted by Gasteiger charge is -2.18. The van der Waals surface area contributed by atoms with Crippen LogP contribution < -0.4 is 10.9 Å². The van der Waals surface area contributed by atoms with E-state index in [-0.39, 0.29) is 24.4 Å². The number of carbonyl (C=O) groups excluding carboxylic acids is 1. The smallest absolute Gasteiger partial charge is 0.308 e. The van der Waals surface area contributed by atoms with Crippen molar-refractivity contribution in [2.24, 2.45) is 11.3 Å². The number of carboxylic acids is 1. The molecule has 0 spiro atoms. The molecule has 0 amide bonds. The highest BCUT2D eigenvalue weighted by atomic mass is 35.5. The molecule has 2 N–H and O–H groups in total. The zero-order valence-electron chi connectivity index (χ0n) is 23.9. The van der Waals surface area contributed by atoms with E-state index < -0.39 is 22.9 Å². The van der Waals surface area contributed by atoms with Crippen molar-refractivity contribution in [1.82, 2.24) is 24.3 Å². The molecular weight excluding hydrogens is 564 g/mol. The Balaban J connectivity index is 1.67. The van der Waals surface area contributed by atoms with Gasteiger partial charge < -0.3 is 15.0 Å². The predicted octanol–water partition coefficient (Wildman–Crippen LogP) is 5.38. The molecule has 4 rings (SSSR count). The van der Waals surface area contributed by atoms with Gasteiger partial charge in [0.25, 0.3) is 11.5 Å². The average molecular weight is 597 g/mol. The summed E-state index contributed by atoms with van der Waals surface area (Å²) in [7, 11) is 0. The second kappa shape index (κ2) is 12.0. The van der Waals surface area contributed by atoms with E-state index in [2.05, 4.69) is 20.4 Å². The minimum Gasteiger partial charge on any atom is -0.481 e. The number of aryl methyl sites for hydroxylation is 3. The molecule has 0 aliphatic heterocycles. The summed E-state index contributed by atoms with van der Waals surface area (Å²) in [6, 6.07) is 8.64. The Morgan fingerprint density at radius 2 is 1.80 bits per heavy atom. The maximum absolute atomic E-state index is 13.6. The molecule has 0 fully saturated rings. The summed E-state index contributed by atoms with van der Waals surface area (Å²) in [6.07, 6.45) is 1.68. The number of aromatic nitrogens is 5. The molecule has 0 aromatic carbocycles. The first-order valence-corrected chi connectivity index (χ1v) is 14.3. The number of halogens is 1. The molecule has 0 saturated carbocycles. The summed E-state index contributed by atoms with van der Waals surface area (Å²) in [5.74, 6) is -1.76. The number of rotatable bonds is 9. The first-order chi connectivity index (χ1) is 19.2. The fourth-order valence-corrected chi connectivity index (χ4v) is 5.29. The summed E-state index contributed by atoms with van der Waals surface area (Å²) in [5, 5.41) is 17.7. The number of carboxylic acid groups (broad SMARTS) is 1. The molecule has 216 valence electrons. The van der Waals surface area contributed by atoms with Gasteiger partial charge in [-0.1, -0.05) is 32.4 Å². The third-order valence-electron chi connectivity index (χ3n) is 6.70. The number of nitrogens with zero attached hydrogens (tertiary/aromatic N) is 5. The lowest BCUT2D eigenvalue weighted by atomic mass is 9.96. The summed E-state index contributed by atoms with van der Waals surface area (Å²) in [6.45, 7) is 11.2. The monoisotopic (exact) mass is 596 g/mol. The second-order valence-electron chi connectivity index (χ2n) is 11.0. The number of pyridine rings is 1. The van der Waals surface area contributed by atoms with E-state index >= 15 is 0 Å². The van der Waals surface area contributed by atoms with Crippen LogP contribution in [0.25, 0.3) is 11.3 Å². The van der Waals surface area contributed by atoms with E-state index in [1.165, 1.54) is 20.6 Å². The molecule has 41 heavy (non-hydrogen) atoms. The van der Waals surface area contributed by atoms with Crippen LogP contribution in [-0.2, 0) is 24.3 Å². The Labute approximate surface area is 247 Å². The lowest BCUT2D eigenvalue weighted by Crippen LogP contribution is -2.30. The van der Waals surface area contributed by atoms with Crippen molar-refractivity contribution in [2.75, 3.05) is 5.32 Å². The third-order valence-corrected chi connectivity index (χ3v) is 7.93. The Morgan fingerprint density at radius 1 is 1.10 bits per heavy atom. The summed E-state index contributed by atoms with van der Waals surface area (Å²) in [5.41, 5.74) is 2.20. The van der Waals surface area contributed by atoms with Crippen LogP contribution in [0.1, 0.15) is 53.2 Å². The molecule has 0 saturated heterocycles. The number of nitrogens with one attached hydrogen (secondary N) is 1. The van der Waals surface area contributed by atoms with Crippen molar-refractivity contribution in [3.8, 4) is 11.3 Å². The number of aliphatic carboxylic acids is 1. The molecule has 0 aliphatic carbocycles. The average Bonchev–Trinajstić information content (AvgIpc) is 3.51. The molecule has 4 aromatic heterocycles. The van der Waals surface area contributed by atoms with E-state index in [1.54, 1.807) is 58.2 Å². The number of anilines is 1. The van der Waals surface area contributed by atoms with E-state index in [9.17, 15) is 19.5 Å². The molecule has 10 nitrogen and oxygen atoms in total. The van der Waals surface area contributed by atoms with Gasteiger partial charge in [0, 0.05) is 35.5 Å². The Bertz CT molecular complexity index is 1670. The molecule has 1 unspecified atom stereocenters. The molecule has 4 heterocycles. The van der Waals surface area contributed by atoms with Crippen LogP contribution in [0.2, 0.25) is 4.34 Å². The van der Waals surface area contributed by atoms with Crippen LogP contribution in [0.15, 0.2) is 41.3 Å². The fraction of sp³-hybridized carbons (Fsp3) is 0.379. The number of thiophene rings is 1. The minimum atomic E-state index is -1.04. The van der Waals surface area contributed by atoms with Crippen molar-refractivity contribution in [2.45, 2.75) is 61.1 Å². The highest BCUT2D eigenvalue weighted by Gasteiger charge is 2.28. The first kappa shape index (κ1) is 30.1. The van der Waals surface area contributed by atoms with Gasteiger partial charge in [0.2, 0.25) is 0 Å². The maximum atomic E-state index is 13.6. The van der Waals surface area contributed by atoms with E-state index in [1.807, 2.05) is 19.9 Å². The second-order valence-corrected chi connectivity index (χ2v) is 12.8. The summed E-state index contributed by atoms with van der Waals surface area (Å²) >= 11 is 7.48. The molecule has 12 heteroatoms. The number of hydrogen-bond donors (Lipinski definition) is 2. The van der Waals surface area contributed by atoms with Gasteiger partial charge in [0.05, 0.1) is 45.1 Å². The quantitative estimate of drug-likeness (QED) is 0.263. The summed E-state index contributed by atoms with van der Waals surface area (Å²) < 4.78 is 3.30. The van der Waals surface area contributed by atoms with Crippen LogP contribution in [0.3, 0.4) is 0 Å².